The van der Waals surface area contributed by atoms with Gasteiger partial charge >= 0.3 is 0 Å². The van der Waals surface area contributed by atoms with Gasteiger partial charge in [-0.15, -0.1) is 11.3 Å². The number of carbonyl (C=O) groups is 1. The lowest BCUT2D eigenvalue weighted by Gasteiger charge is -2.04. The number of amides is 1. The Morgan fingerprint density at radius 3 is 2.94 bits per heavy atom. The summed E-state index contributed by atoms with van der Waals surface area (Å²) in [5.41, 5.74) is 6.34. The first-order valence-electron chi connectivity index (χ1n) is 5.45. The van der Waals surface area contributed by atoms with Crippen molar-refractivity contribution in [1.82, 2.24) is 10.3 Å². The van der Waals surface area contributed by atoms with Crippen LogP contribution in [0.5, 0.6) is 0 Å². The van der Waals surface area contributed by atoms with Crippen molar-refractivity contribution in [3.63, 3.8) is 0 Å². The molecule has 0 bridgehead atoms. The summed E-state index contributed by atoms with van der Waals surface area (Å²) < 4.78 is 0. The van der Waals surface area contributed by atoms with Gasteiger partial charge in [0.15, 0.2) is 0 Å². The van der Waals surface area contributed by atoms with Crippen LogP contribution in [0, 0.1) is 11.3 Å². The van der Waals surface area contributed by atoms with Crippen molar-refractivity contribution in [2.24, 2.45) is 17.1 Å². The van der Waals surface area contributed by atoms with E-state index in [1.165, 1.54) is 17.8 Å². The Kier molecular flexibility index (Phi) is 2.99. The average molecular weight is 239 g/mol. The fraction of sp³-hybridized carbons (Fsp3) is 0.636. The van der Waals surface area contributed by atoms with Crippen LogP contribution < -0.4 is 11.1 Å². The van der Waals surface area contributed by atoms with Gasteiger partial charge in [0.05, 0.1) is 0 Å². The fourth-order valence-corrected chi connectivity index (χ4v) is 2.39. The topological polar surface area (TPSA) is 68.0 Å². The van der Waals surface area contributed by atoms with E-state index < -0.39 is 0 Å². The molecule has 1 aromatic rings. The van der Waals surface area contributed by atoms with Crippen LogP contribution in [0.4, 0.5) is 0 Å². The molecule has 1 aliphatic carbocycles. The Bertz CT molecular complexity index is 400. The number of hydrogen-bond acceptors (Lipinski definition) is 4. The lowest BCUT2D eigenvalue weighted by molar-refractivity contribution is 0.0946. The number of carbonyl (C=O) groups excluding carboxylic acids is 1. The molecule has 0 aliphatic heterocycles. The zero-order chi connectivity index (χ0) is 11.8. The Morgan fingerprint density at radius 2 is 2.44 bits per heavy atom. The van der Waals surface area contributed by atoms with E-state index in [4.69, 9.17) is 5.73 Å². The molecule has 2 rings (SSSR count). The third-order valence-corrected chi connectivity index (χ3v) is 4.06. The summed E-state index contributed by atoms with van der Waals surface area (Å²) in [5.74, 6) is 0.530. The first-order valence-corrected chi connectivity index (χ1v) is 6.33. The quantitative estimate of drug-likeness (QED) is 0.834. The van der Waals surface area contributed by atoms with Crippen molar-refractivity contribution < 1.29 is 4.79 Å². The monoisotopic (exact) mass is 239 g/mol. The molecule has 3 N–H and O–H groups in total. The third-order valence-electron chi connectivity index (χ3n) is 3.19. The van der Waals surface area contributed by atoms with Gasteiger partial charge in [-0.25, -0.2) is 4.98 Å². The zero-order valence-corrected chi connectivity index (χ0v) is 10.4. The molecule has 1 atom stereocenters. The first kappa shape index (κ1) is 11.5. The molecule has 1 aromatic heterocycles. The number of nitrogens with two attached hydrogens (primary N) is 1. The summed E-state index contributed by atoms with van der Waals surface area (Å²) in [6.45, 7) is 5.59. The molecule has 4 nitrogen and oxygen atoms in total. The molecule has 1 saturated carbocycles. The molecular formula is C11H17N3OS. The summed E-state index contributed by atoms with van der Waals surface area (Å²) in [6.07, 6.45) is 1.19. The van der Waals surface area contributed by atoms with Crippen LogP contribution in [0.25, 0.3) is 0 Å². The van der Waals surface area contributed by atoms with E-state index in [0.29, 0.717) is 23.6 Å². The summed E-state index contributed by atoms with van der Waals surface area (Å²) in [6, 6.07) is 0. The van der Waals surface area contributed by atoms with Crippen LogP contribution in [-0.2, 0) is 6.54 Å². The maximum atomic E-state index is 11.7. The van der Waals surface area contributed by atoms with Gasteiger partial charge in [0, 0.05) is 18.5 Å². The van der Waals surface area contributed by atoms with E-state index in [-0.39, 0.29) is 5.91 Å². The smallest absolute Gasteiger partial charge is 0.270 e. The number of hydrogen-bond donors (Lipinski definition) is 2. The molecule has 0 aromatic carbocycles. The third kappa shape index (κ3) is 2.41. The van der Waals surface area contributed by atoms with E-state index in [0.717, 1.165) is 11.6 Å². The summed E-state index contributed by atoms with van der Waals surface area (Å²) in [4.78, 5) is 15.9. The highest BCUT2D eigenvalue weighted by Crippen LogP contribution is 2.50. The highest BCUT2D eigenvalue weighted by atomic mass is 32.1. The largest absolute Gasteiger partial charge is 0.350 e. The van der Waals surface area contributed by atoms with Gasteiger partial charge in [0.2, 0.25) is 0 Å². The number of thiazole rings is 1. The molecule has 5 heteroatoms. The van der Waals surface area contributed by atoms with E-state index >= 15 is 0 Å². The van der Waals surface area contributed by atoms with Crippen LogP contribution in [-0.4, -0.2) is 17.4 Å². The number of nitrogens with zero attached hydrogens (tertiary/aromatic N) is 1. The summed E-state index contributed by atoms with van der Waals surface area (Å²) in [5, 5.41) is 5.48. The minimum absolute atomic E-state index is 0.0846. The van der Waals surface area contributed by atoms with E-state index in [9.17, 15) is 4.79 Å². The van der Waals surface area contributed by atoms with Crippen LogP contribution >= 0.6 is 11.3 Å². The standard InChI is InChI=1S/C11H17N3OS/c1-11(2)3-7(11)5-13-10(15)8-6-16-9(4-12)14-8/h6-7H,3-5,12H2,1-2H3,(H,13,15). The van der Waals surface area contributed by atoms with E-state index in [1.807, 2.05) is 0 Å². The lowest BCUT2D eigenvalue weighted by atomic mass is 10.1. The molecule has 1 aliphatic rings. The van der Waals surface area contributed by atoms with Crippen molar-refractivity contribution in [3.8, 4) is 0 Å². The number of rotatable bonds is 4. The Morgan fingerprint density at radius 1 is 1.75 bits per heavy atom. The van der Waals surface area contributed by atoms with Gasteiger partial charge < -0.3 is 11.1 Å². The molecule has 0 spiro atoms. The van der Waals surface area contributed by atoms with Gasteiger partial charge in [-0.2, -0.15) is 0 Å². The SMILES string of the molecule is CC1(C)CC1CNC(=O)c1csc(CN)n1. The Labute approximate surface area is 99.3 Å². The van der Waals surface area contributed by atoms with Gasteiger partial charge in [0.25, 0.3) is 5.91 Å². The molecule has 88 valence electrons. The molecule has 1 heterocycles. The normalized spacial score (nSPS) is 21.8. The molecule has 1 fully saturated rings. The maximum absolute atomic E-state index is 11.7. The molecule has 0 radical (unpaired) electrons. The first-order chi connectivity index (χ1) is 7.53. The Hall–Kier alpha value is -0.940. The van der Waals surface area contributed by atoms with Gasteiger partial charge in [-0.3, -0.25) is 4.79 Å². The predicted octanol–water partition coefficient (Wildman–Crippen LogP) is 1.38. The van der Waals surface area contributed by atoms with E-state index in [1.54, 1.807) is 5.38 Å². The zero-order valence-electron chi connectivity index (χ0n) is 9.62. The average Bonchev–Trinajstić information content (AvgIpc) is 2.69. The summed E-state index contributed by atoms with van der Waals surface area (Å²) >= 11 is 1.43. The van der Waals surface area contributed by atoms with Crippen molar-refractivity contribution in [2.75, 3.05) is 6.54 Å². The van der Waals surface area contributed by atoms with E-state index in [2.05, 4.69) is 24.1 Å². The maximum Gasteiger partial charge on any atom is 0.270 e. The van der Waals surface area contributed by atoms with Crippen molar-refractivity contribution in [3.05, 3.63) is 16.1 Å². The fourth-order valence-electron chi connectivity index (χ4n) is 1.74. The molecule has 1 amide bonds. The summed E-state index contributed by atoms with van der Waals surface area (Å²) in [7, 11) is 0. The van der Waals surface area contributed by atoms with Crippen molar-refractivity contribution in [1.29, 1.82) is 0 Å². The van der Waals surface area contributed by atoms with Crippen LogP contribution in [0.15, 0.2) is 5.38 Å². The molecular weight excluding hydrogens is 222 g/mol. The van der Waals surface area contributed by atoms with Crippen molar-refractivity contribution in [2.45, 2.75) is 26.8 Å². The van der Waals surface area contributed by atoms with Crippen molar-refractivity contribution >= 4 is 17.2 Å². The Balaban J connectivity index is 1.84. The van der Waals surface area contributed by atoms with Crippen LogP contribution in [0.1, 0.15) is 35.8 Å². The van der Waals surface area contributed by atoms with Gasteiger partial charge in [-0.05, 0) is 17.8 Å². The van der Waals surface area contributed by atoms with Crippen LogP contribution in [0.3, 0.4) is 0 Å². The van der Waals surface area contributed by atoms with Crippen LogP contribution in [0.2, 0.25) is 0 Å². The second-order valence-corrected chi connectivity index (χ2v) is 5.87. The second-order valence-electron chi connectivity index (χ2n) is 4.93. The number of aromatic nitrogens is 1. The number of nitrogens with one attached hydrogen (secondary N) is 1. The highest BCUT2D eigenvalue weighted by Gasteiger charge is 2.45. The minimum atomic E-state index is -0.0846. The molecule has 1 unspecified atom stereocenters. The second kappa shape index (κ2) is 4.14. The highest BCUT2D eigenvalue weighted by molar-refractivity contribution is 7.09. The predicted molar refractivity (Wildman–Crippen MR) is 64.2 cm³/mol. The molecule has 0 saturated heterocycles. The lowest BCUT2D eigenvalue weighted by Crippen LogP contribution is -2.26. The van der Waals surface area contributed by atoms with Gasteiger partial charge in [-0.1, -0.05) is 13.8 Å². The molecule has 16 heavy (non-hydrogen) atoms. The minimum Gasteiger partial charge on any atom is -0.350 e. The van der Waals surface area contributed by atoms with Gasteiger partial charge in [0.1, 0.15) is 10.7 Å².